The van der Waals surface area contributed by atoms with Crippen molar-refractivity contribution in [1.29, 1.82) is 0 Å². The molecule has 1 aliphatic carbocycles. The highest BCUT2D eigenvalue weighted by Gasteiger charge is 2.36. The van der Waals surface area contributed by atoms with Gasteiger partial charge in [0.15, 0.2) is 11.6 Å². The van der Waals surface area contributed by atoms with Gasteiger partial charge in [-0.05, 0) is 37.9 Å². The van der Waals surface area contributed by atoms with Gasteiger partial charge < -0.3 is 15.0 Å². The molecular formula is C16H23FN2O. The number of nitrogens with zero attached hydrogens (tertiary/aromatic N) is 1. The Hall–Kier alpha value is -1.29. The second-order valence-corrected chi connectivity index (χ2v) is 6.01. The van der Waals surface area contributed by atoms with Gasteiger partial charge in [-0.25, -0.2) is 4.39 Å². The SMILES string of the molecule is COc1cc(N2CCCNC3(CCCC3)C2)ccc1F. The highest BCUT2D eigenvalue weighted by molar-refractivity contribution is 5.52. The van der Waals surface area contributed by atoms with E-state index in [4.69, 9.17) is 4.74 Å². The lowest BCUT2D eigenvalue weighted by atomic mass is 9.97. The fraction of sp³-hybridized carbons (Fsp3) is 0.625. The van der Waals surface area contributed by atoms with E-state index in [0.717, 1.165) is 31.7 Å². The van der Waals surface area contributed by atoms with Gasteiger partial charge in [0.25, 0.3) is 0 Å². The number of methoxy groups -OCH3 is 1. The Morgan fingerprint density at radius 1 is 1.25 bits per heavy atom. The van der Waals surface area contributed by atoms with Crippen LogP contribution in [0.3, 0.4) is 0 Å². The van der Waals surface area contributed by atoms with Crippen LogP contribution in [0.1, 0.15) is 32.1 Å². The molecule has 1 aromatic rings. The molecule has 20 heavy (non-hydrogen) atoms. The lowest BCUT2D eigenvalue weighted by Gasteiger charge is -2.34. The molecule has 3 rings (SSSR count). The van der Waals surface area contributed by atoms with E-state index in [1.165, 1.54) is 38.9 Å². The van der Waals surface area contributed by atoms with Gasteiger partial charge in [0.05, 0.1) is 7.11 Å². The molecule has 1 aromatic carbocycles. The Morgan fingerprint density at radius 2 is 2.05 bits per heavy atom. The van der Waals surface area contributed by atoms with E-state index in [1.807, 2.05) is 12.1 Å². The molecule has 1 saturated carbocycles. The van der Waals surface area contributed by atoms with E-state index in [2.05, 4.69) is 10.2 Å². The van der Waals surface area contributed by atoms with E-state index >= 15 is 0 Å². The molecular weight excluding hydrogens is 255 g/mol. The van der Waals surface area contributed by atoms with Gasteiger partial charge in [-0.1, -0.05) is 12.8 Å². The van der Waals surface area contributed by atoms with Crippen molar-refractivity contribution in [3.63, 3.8) is 0 Å². The van der Waals surface area contributed by atoms with Crippen LogP contribution in [0.4, 0.5) is 10.1 Å². The summed E-state index contributed by atoms with van der Waals surface area (Å²) in [5.74, 6) is 0.0416. The van der Waals surface area contributed by atoms with Crippen molar-refractivity contribution in [2.75, 3.05) is 31.6 Å². The maximum atomic E-state index is 13.6. The summed E-state index contributed by atoms with van der Waals surface area (Å²) < 4.78 is 18.7. The Balaban J connectivity index is 1.84. The molecule has 0 aromatic heterocycles. The molecule has 0 radical (unpaired) electrons. The highest BCUT2D eigenvalue weighted by atomic mass is 19.1. The van der Waals surface area contributed by atoms with Crippen molar-refractivity contribution in [3.8, 4) is 5.75 Å². The molecule has 0 atom stereocenters. The van der Waals surface area contributed by atoms with E-state index in [-0.39, 0.29) is 11.4 Å². The molecule has 0 amide bonds. The maximum Gasteiger partial charge on any atom is 0.165 e. The average Bonchev–Trinajstić information content (AvgIpc) is 2.80. The summed E-state index contributed by atoms with van der Waals surface area (Å²) in [5, 5.41) is 3.75. The summed E-state index contributed by atoms with van der Waals surface area (Å²) in [6.07, 6.45) is 6.26. The Labute approximate surface area is 120 Å². The standard InChI is InChI=1S/C16H23FN2O/c1-20-15-11-13(5-6-14(15)17)19-10-4-9-18-16(12-19)7-2-3-8-16/h5-6,11,18H,2-4,7-10,12H2,1H3. The second kappa shape index (κ2) is 5.60. The zero-order valence-electron chi connectivity index (χ0n) is 12.1. The molecule has 1 spiro atoms. The third-order valence-electron chi connectivity index (χ3n) is 4.66. The van der Waals surface area contributed by atoms with Crippen LogP contribution in [0.25, 0.3) is 0 Å². The minimum absolute atomic E-state index is 0.262. The van der Waals surface area contributed by atoms with Crippen LogP contribution < -0.4 is 15.0 Å². The van der Waals surface area contributed by atoms with Crippen molar-refractivity contribution < 1.29 is 9.13 Å². The summed E-state index contributed by atoms with van der Waals surface area (Å²) in [4.78, 5) is 2.38. The Morgan fingerprint density at radius 3 is 2.80 bits per heavy atom. The highest BCUT2D eigenvalue weighted by Crippen LogP contribution is 2.34. The van der Waals surface area contributed by atoms with Gasteiger partial charge in [0, 0.05) is 30.4 Å². The van der Waals surface area contributed by atoms with Crippen LogP contribution >= 0.6 is 0 Å². The summed E-state index contributed by atoms with van der Waals surface area (Å²) in [6, 6.07) is 5.20. The lowest BCUT2D eigenvalue weighted by Crippen LogP contribution is -2.49. The van der Waals surface area contributed by atoms with Gasteiger partial charge in [0.1, 0.15) is 0 Å². The molecule has 2 aliphatic rings. The largest absolute Gasteiger partial charge is 0.494 e. The summed E-state index contributed by atoms with van der Waals surface area (Å²) in [5.41, 5.74) is 1.33. The number of halogens is 1. The minimum atomic E-state index is -0.292. The van der Waals surface area contributed by atoms with Gasteiger partial charge >= 0.3 is 0 Å². The number of nitrogens with one attached hydrogen (secondary N) is 1. The topological polar surface area (TPSA) is 24.5 Å². The van der Waals surface area contributed by atoms with Crippen molar-refractivity contribution in [3.05, 3.63) is 24.0 Å². The number of hydrogen-bond donors (Lipinski definition) is 1. The first-order valence-corrected chi connectivity index (χ1v) is 7.56. The first kappa shape index (κ1) is 13.7. The second-order valence-electron chi connectivity index (χ2n) is 6.01. The summed E-state index contributed by atoms with van der Waals surface area (Å²) in [7, 11) is 1.52. The number of hydrogen-bond acceptors (Lipinski definition) is 3. The molecule has 1 aliphatic heterocycles. The fourth-order valence-electron chi connectivity index (χ4n) is 3.58. The lowest BCUT2D eigenvalue weighted by molar-refractivity contribution is 0.354. The summed E-state index contributed by atoms with van der Waals surface area (Å²) in [6.45, 7) is 3.11. The minimum Gasteiger partial charge on any atom is -0.494 e. The van der Waals surface area contributed by atoms with E-state index in [9.17, 15) is 4.39 Å². The van der Waals surface area contributed by atoms with E-state index < -0.39 is 0 Å². The van der Waals surface area contributed by atoms with Crippen molar-refractivity contribution in [1.82, 2.24) is 5.32 Å². The average molecular weight is 278 g/mol. The van der Waals surface area contributed by atoms with Crippen LogP contribution in [0.15, 0.2) is 18.2 Å². The first-order chi connectivity index (χ1) is 9.72. The van der Waals surface area contributed by atoms with Crippen molar-refractivity contribution in [2.24, 2.45) is 0 Å². The third-order valence-corrected chi connectivity index (χ3v) is 4.66. The normalized spacial score (nSPS) is 22.0. The molecule has 0 bridgehead atoms. The number of ether oxygens (including phenoxy) is 1. The zero-order valence-corrected chi connectivity index (χ0v) is 12.1. The van der Waals surface area contributed by atoms with Crippen molar-refractivity contribution >= 4 is 5.69 Å². The van der Waals surface area contributed by atoms with Crippen LogP contribution in [0, 0.1) is 5.82 Å². The maximum absolute atomic E-state index is 13.6. The zero-order chi connectivity index (χ0) is 14.0. The molecule has 2 fully saturated rings. The Kier molecular flexibility index (Phi) is 3.83. The first-order valence-electron chi connectivity index (χ1n) is 7.56. The van der Waals surface area contributed by atoms with Crippen LogP contribution in [0.2, 0.25) is 0 Å². The van der Waals surface area contributed by atoms with Gasteiger partial charge in [-0.15, -0.1) is 0 Å². The molecule has 3 nitrogen and oxygen atoms in total. The van der Waals surface area contributed by atoms with Crippen LogP contribution in [-0.2, 0) is 0 Å². The molecule has 0 unspecified atom stereocenters. The fourth-order valence-corrected chi connectivity index (χ4v) is 3.58. The van der Waals surface area contributed by atoms with Crippen LogP contribution in [-0.4, -0.2) is 32.3 Å². The molecule has 4 heteroatoms. The van der Waals surface area contributed by atoms with E-state index in [0.29, 0.717) is 5.75 Å². The monoisotopic (exact) mass is 278 g/mol. The summed E-state index contributed by atoms with van der Waals surface area (Å²) >= 11 is 0. The smallest absolute Gasteiger partial charge is 0.165 e. The van der Waals surface area contributed by atoms with E-state index in [1.54, 1.807) is 0 Å². The van der Waals surface area contributed by atoms with Crippen LogP contribution in [0.5, 0.6) is 5.75 Å². The third kappa shape index (κ3) is 2.62. The molecule has 1 saturated heterocycles. The van der Waals surface area contributed by atoms with Crippen molar-refractivity contribution in [2.45, 2.75) is 37.6 Å². The number of benzene rings is 1. The molecule has 1 N–H and O–H groups in total. The number of anilines is 1. The van der Waals surface area contributed by atoms with Gasteiger partial charge in [-0.3, -0.25) is 0 Å². The van der Waals surface area contributed by atoms with Gasteiger partial charge in [0.2, 0.25) is 0 Å². The Bertz CT molecular complexity index is 472. The predicted octanol–water partition coefficient (Wildman–Crippen LogP) is 2.95. The quantitative estimate of drug-likeness (QED) is 0.900. The predicted molar refractivity (Wildman–Crippen MR) is 79.0 cm³/mol. The number of rotatable bonds is 2. The van der Waals surface area contributed by atoms with Gasteiger partial charge in [-0.2, -0.15) is 0 Å². The molecule has 1 heterocycles. The molecule has 110 valence electrons.